The molecule has 0 fully saturated rings. The fraction of sp³-hybridized carbons (Fsp3) is 0.0556. The van der Waals surface area contributed by atoms with Crippen LogP contribution in [0.15, 0.2) is 53.7 Å². The fourth-order valence-corrected chi connectivity index (χ4v) is 5.08. The minimum absolute atomic E-state index is 0.00370. The largest absolute Gasteiger partial charge is 0.511 e. The number of carboxylic acid groups (broad SMARTS) is 1. The van der Waals surface area contributed by atoms with E-state index < -0.39 is 16.0 Å². The molecule has 0 unspecified atom stereocenters. The Morgan fingerprint density at radius 2 is 1.97 bits per heavy atom. The molecule has 0 saturated heterocycles. The number of nitrogens with one attached hydrogen (secondary N) is 1. The van der Waals surface area contributed by atoms with E-state index in [1.54, 1.807) is 24.3 Å². The Bertz CT molecular complexity index is 1380. The molecule has 12 heteroatoms. The van der Waals surface area contributed by atoms with E-state index in [1.807, 2.05) is 0 Å². The average molecular weight is 467 g/mol. The molecule has 0 atom stereocenters. The van der Waals surface area contributed by atoms with Gasteiger partial charge in [0.1, 0.15) is 0 Å². The number of hydrogen-bond acceptors (Lipinski definition) is 6. The Morgan fingerprint density at radius 3 is 2.70 bits per heavy atom. The van der Waals surface area contributed by atoms with E-state index in [9.17, 15) is 13.2 Å². The lowest BCUT2D eigenvalue weighted by molar-refractivity contribution is 0.144. The molecule has 2 aromatic carbocycles. The number of imidazole rings is 1. The van der Waals surface area contributed by atoms with Gasteiger partial charge in [0, 0.05) is 5.02 Å². The standard InChI is InChI=1S/C18H12Cl2N4O5S/c19-12-4-2-1-3-10(12)9-30(27,28)16-6-15-14(5-13(16)20)22-17(23-15)24-8-11(7-21-24)29-18(25)26/h1-8H,9H2,(H,22,23)(H,25,26). The van der Waals surface area contributed by atoms with Crippen LogP contribution >= 0.6 is 23.2 Å². The summed E-state index contributed by atoms with van der Waals surface area (Å²) in [5, 5.41) is 13.0. The van der Waals surface area contributed by atoms with Crippen LogP contribution in [-0.2, 0) is 15.6 Å². The maximum Gasteiger partial charge on any atom is 0.511 e. The topological polar surface area (TPSA) is 127 Å². The average Bonchev–Trinajstić information content (AvgIpc) is 3.28. The third kappa shape index (κ3) is 3.97. The van der Waals surface area contributed by atoms with Gasteiger partial charge >= 0.3 is 6.16 Å². The molecule has 154 valence electrons. The zero-order valence-electron chi connectivity index (χ0n) is 14.9. The second kappa shape index (κ2) is 7.63. The number of halogens is 2. The van der Waals surface area contributed by atoms with E-state index in [0.29, 0.717) is 21.6 Å². The molecule has 0 spiro atoms. The summed E-state index contributed by atoms with van der Waals surface area (Å²) in [6, 6.07) is 9.48. The van der Waals surface area contributed by atoms with Crippen molar-refractivity contribution in [2.24, 2.45) is 0 Å². The highest BCUT2D eigenvalue weighted by molar-refractivity contribution is 7.90. The molecule has 0 radical (unpaired) electrons. The predicted octanol–water partition coefficient (Wildman–Crippen LogP) is 4.09. The lowest BCUT2D eigenvalue weighted by Gasteiger charge is -2.08. The number of carbonyl (C=O) groups is 1. The normalized spacial score (nSPS) is 11.7. The van der Waals surface area contributed by atoms with Crippen LogP contribution in [0, 0.1) is 0 Å². The molecule has 4 aromatic rings. The Kier molecular flexibility index (Phi) is 5.14. The van der Waals surface area contributed by atoms with E-state index in [4.69, 9.17) is 28.3 Å². The summed E-state index contributed by atoms with van der Waals surface area (Å²) in [5.74, 6) is -0.0875. The lowest BCUT2D eigenvalue weighted by Crippen LogP contribution is -2.06. The summed E-state index contributed by atoms with van der Waals surface area (Å²) in [4.78, 5) is 17.8. The highest BCUT2D eigenvalue weighted by Crippen LogP contribution is 2.30. The van der Waals surface area contributed by atoms with E-state index in [0.717, 1.165) is 0 Å². The van der Waals surface area contributed by atoms with Crippen LogP contribution in [0.4, 0.5) is 4.79 Å². The SMILES string of the molecule is O=C(O)Oc1cnn(-c2nc3cc(S(=O)(=O)Cc4ccccc4Cl)c(Cl)cc3[nH]2)c1. The maximum absolute atomic E-state index is 12.9. The van der Waals surface area contributed by atoms with E-state index in [2.05, 4.69) is 19.8 Å². The quantitative estimate of drug-likeness (QED) is 0.424. The Labute approximate surface area is 179 Å². The first-order valence-electron chi connectivity index (χ1n) is 8.34. The van der Waals surface area contributed by atoms with Crippen molar-refractivity contribution in [3.8, 4) is 11.7 Å². The van der Waals surface area contributed by atoms with Crippen molar-refractivity contribution in [3.63, 3.8) is 0 Å². The van der Waals surface area contributed by atoms with Crippen LogP contribution < -0.4 is 4.74 Å². The molecule has 9 nitrogen and oxygen atoms in total. The van der Waals surface area contributed by atoms with Gasteiger partial charge in [-0.15, -0.1) is 0 Å². The van der Waals surface area contributed by atoms with Crippen LogP contribution in [0.25, 0.3) is 17.0 Å². The smallest absolute Gasteiger partial charge is 0.449 e. The van der Waals surface area contributed by atoms with E-state index in [-0.39, 0.29) is 27.4 Å². The monoisotopic (exact) mass is 466 g/mol. The van der Waals surface area contributed by atoms with Gasteiger partial charge in [-0.05, 0) is 23.8 Å². The molecular weight excluding hydrogens is 455 g/mol. The summed E-state index contributed by atoms with van der Waals surface area (Å²) < 4.78 is 31.6. The van der Waals surface area contributed by atoms with Crippen LogP contribution in [0.1, 0.15) is 5.56 Å². The predicted molar refractivity (Wildman–Crippen MR) is 109 cm³/mol. The molecule has 0 aliphatic heterocycles. The number of H-pyrrole nitrogens is 1. The van der Waals surface area contributed by atoms with Crippen molar-refractivity contribution in [1.29, 1.82) is 0 Å². The number of nitrogens with zero attached hydrogens (tertiary/aromatic N) is 3. The first-order valence-corrected chi connectivity index (χ1v) is 10.7. The molecule has 0 aliphatic rings. The van der Waals surface area contributed by atoms with Gasteiger partial charge < -0.3 is 14.8 Å². The third-order valence-corrected chi connectivity index (χ3v) is 6.63. The summed E-state index contributed by atoms with van der Waals surface area (Å²) in [6.07, 6.45) is 1.04. The number of aromatic nitrogens is 4. The van der Waals surface area contributed by atoms with E-state index in [1.165, 1.54) is 29.2 Å². The van der Waals surface area contributed by atoms with Crippen molar-refractivity contribution in [3.05, 3.63) is 64.4 Å². The fourth-order valence-electron chi connectivity index (χ4n) is 2.82. The molecule has 30 heavy (non-hydrogen) atoms. The number of aromatic amines is 1. The van der Waals surface area contributed by atoms with Gasteiger partial charge in [0.15, 0.2) is 15.6 Å². The van der Waals surface area contributed by atoms with Gasteiger partial charge in [-0.25, -0.2) is 22.9 Å². The van der Waals surface area contributed by atoms with Gasteiger partial charge in [0.2, 0.25) is 5.95 Å². The first-order chi connectivity index (χ1) is 14.2. The molecule has 0 aliphatic carbocycles. The number of fused-ring (bicyclic) bond motifs is 1. The Balaban J connectivity index is 1.71. The van der Waals surface area contributed by atoms with Crippen molar-refractivity contribution in [2.75, 3.05) is 0 Å². The van der Waals surface area contributed by atoms with Crippen LogP contribution in [0.5, 0.6) is 5.75 Å². The highest BCUT2D eigenvalue weighted by atomic mass is 35.5. The number of benzene rings is 2. The van der Waals surface area contributed by atoms with Gasteiger partial charge in [0.05, 0.1) is 39.1 Å². The summed E-state index contributed by atoms with van der Waals surface area (Å²) >= 11 is 12.3. The molecule has 4 rings (SSSR count). The Morgan fingerprint density at radius 1 is 1.20 bits per heavy atom. The van der Waals surface area contributed by atoms with Crippen molar-refractivity contribution in [2.45, 2.75) is 10.6 Å². The molecule has 0 bridgehead atoms. The first kappa shape index (κ1) is 20.2. The van der Waals surface area contributed by atoms with Crippen LogP contribution in [0.2, 0.25) is 10.0 Å². The maximum atomic E-state index is 12.9. The van der Waals surface area contributed by atoms with Crippen molar-refractivity contribution >= 4 is 50.2 Å². The summed E-state index contributed by atoms with van der Waals surface area (Å²) in [5.41, 5.74) is 1.27. The van der Waals surface area contributed by atoms with Gasteiger partial charge in [0.25, 0.3) is 0 Å². The van der Waals surface area contributed by atoms with Crippen molar-refractivity contribution in [1.82, 2.24) is 19.7 Å². The second-order valence-corrected chi connectivity index (χ2v) is 8.97. The number of sulfone groups is 1. The highest BCUT2D eigenvalue weighted by Gasteiger charge is 2.22. The third-order valence-electron chi connectivity index (χ3n) is 4.14. The minimum Gasteiger partial charge on any atom is -0.449 e. The van der Waals surface area contributed by atoms with Gasteiger partial charge in [-0.1, -0.05) is 41.4 Å². The summed E-state index contributed by atoms with van der Waals surface area (Å²) in [7, 11) is -3.80. The Hall–Kier alpha value is -3.08. The number of rotatable bonds is 5. The molecule has 2 heterocycles. The van der Waals surface area contributed by atoms with Crippen molar-refractivity contribution < 1.29 is 23.1 Å². The zero-order chi connectivity index (χ0) is 21.5. The number of hydrogen-bond donors (Lipinski definition) is 2. The van der Waals surface area contributed by atoms with E-state index >= 15 is 0 Å². The lowest BCUT2D eigenvalue weighted by atomic mass is 10.2. The van der Waals surface area contributed by atoms with Gasteiger partial charge in [-0.3, -0.25) is 0 Å². The zero-order valence-corrected chi connectivity index (χ0v) is 17.2. The van der Waals surface area contributed by atoms with Crippen LogP contribution in [-0.4, -0.2) is 39.4 Å². The summed E-state index contributed by atoms with van der Waals surface area (Å²) in [6.45, 7) is 0. The molecule has 0 saturated carbocycles. The molecular formula is C18H12Cl2N4O5S. The number of ether oxygens (including phenoxy) is 1. The van der Waals surface area contributed by atoms with Gasteiger partial charge in [-0.2, -0.15) is 5.10 Å². The van der Waals surface area contributed by atoms with Crippen LogP contribution in [0.3, 0.4) is 0 Å². The molecule has 2 aromatic heterocycles. The second-order valence-electron chi connectivity index (χ2n) is 6.20. The minimum atomic E-state index is -3.80. The molecule has 2 N–H and O–H groups in total. The molecule has 0 amide bonds.